The Labute approximate surface area is 447 Å². The van der Waals surface area contributed by atoms with Crippen molar-refractivity contribution < 1.29 is 28.6 Å². The Morgan fingerprint density at radius 3 is 0.861 bits per heavy atom. The summed E-state index contributed by atoms with van der Waals surface area (Å²) in [5.41, 5.74) is 0. The van der Waals surface area contributed by atoms with Crippen LogP contribution in [0.1, 0.15) is 323 Å². The standard InChI is InChI=1S/C66H118O6/c1-4-7-10-13-16-19-22-24-26-27-28-29-30-31-32-33-34-35-36-37-38-39-41-42-44-47-50-53-56-59-65(68)71-62-63(61-70-64(67)58-55-52-49-46-21-18-15-12-9-6-3)72-66(69)60-57-54-51-48-45-43-40-25-23-20-17-14-11-8-5-2/h12,15,17,20,22,24-25,27-28,40,63H,4-11,13-14,16,18-19,21,23,26,29-39,41-62H2,1-3H3/b15-12-,20-17-,24-22-,28-27-,40-25-. The maximum Gasteiger partial charge on any atom is 0.306 e. The van der Waals surface area contributed by atoms with Crippen molar-refractivity contribution in [2.24, 2.45) is 0 Å². The maximum absolute atomic E-state index is 12.8. The molecule has 0 aromatic carbocycles. The number of hydrogen-bond donors (Lipinski definition) is 0. The van der Waals surface area contributed by atoms with Crippen molar-refractivity contribution in [3.63, 3.8) is 0 Å². The zero-order chi connectivity index (χ0) is 52.2. The van der Waals surface area contributed by atoms with Gasteiger partial charge in [0.25, 0.3) is 0 Å². The number of rotatable bonds is 57. The molecule has 0 bridgehead atoms. The topological polar surface area (TPSA) is 78.9 Å². The second-order valence-corrected chi connectivity index (χ2v) is 21.0. The second-order valence-electron chi connectivity index (χ2n) is 21.0. The fourth-order valence-corrected chi connectivity index (χ4v) is 8.98. The summed E-state index contributed by atoms with van der Waals surface area (Å²) in [4.78, 5) is 38.1. The van der Waals surface area contributed by atoms with Gasteiger partial charge >= 0.3 is 17.9 Å². The number of esters is 3. The van der Waals surface area contributed by atoms with E-state index in [1.807, 2.05) is 0 Å². The Morgan fingerprint density at radius 1 is 0.278 bits per heavy atom. The van der Waals surface area contributed by atoms with Gasteiger partial charge in [0.15, 0.2) is 6.10 Å². The first-order valence-corrected chi connectivity index (χ1v) is 31.3. The van der Waals surface area contributed by atoms with Gasteiger partial charge in [0, 0.05) is 19.3 Å². The van der Waals surface area contributed by atoms with E-state index in [1.54, 1.807) is 0 Å². The van der Waals surface area contributed by atoms with Crippen molar-refractivity contribution in [3.8, 4) is 0 Å². The molecule has 0 saturated carbocycles. The van der Waals surface area contributed by atoms with Gasteiger partial charge in [0.2, 0.25) is 0 Å². The van der Waals surface area contributed by atoms with E-state index in [9.17, 15) is 14.4 Å². The highest BCUT2D eigenvalue weighted by Gasteiger charge is 2.19. The molecule has 0 aliphatic carbocycles. The lowest BCUT2D eigenvalue weighted by atomic mass is 10.0. The van der Waals surface area contributed by atoms with Crippen molar-refractivity contribution >= 4 is 17.9 Å². The number of carbonyl (C=O) groups excluding carboxylic acids is 3. The van der Waals surface area contributed by atoms with Gasteiger partial charge < -0.3 is 14.2 Å². The quantitative estimate of drug-likeness (QED) is 0.0261. The van der Waals surface area contributed by atoms with E-state index in [2.05, 4.69) is 81.5 Å². The van der Waals surface area contributed by atoms with Crippen molar-refractivity contribution in [2.45, 2.75) is 329 Å². The molecule has 0 aromatic rings. The Kier molecular flexibility index (Phi) is 58.2. The highest BCUT2D eigenvalue weighted by Crippen LogP contribution is 2.17. The average Bonchev–Trinajstić information content (AvgIpc) is 3.38. The van der Waals surface area contributed by atoms with E-state index in [4.69, 9.17) is 14.2 Å². The molecule has 0 saturated heterocycles. The molecule has 0 aliphatic heterocycles. The third-order valence-electron chi connectivity index (χ3n) is 13.7. The number of carbonyl (C=O) groups is 3. The van der Waals surface area contributed by atoms with Crippen LogP contribution in [0, 0.1) is 0 Å². The number of hydrogen-bond acceptors (Lipinski definition) is 6. The number of ether oxygens (including phenoxy) is 3. The van der Waals surface area contributed by atoms with Crippen molar-refractivity contribution in [2.75, 3.05) is 13.2 Å². The first-order chi connectivity index (χ1) is 35.5. The molecule has 6 nitrogen and oxygen atoms in total. The third kappa shape index (κ3) is 58.0. The molecule has 1 unspecified atom stereocenters. The van der Waals surface area contributed by atoms with E-state index >= 15 is 0 Å². The van der Waals surface area contributed by atoms with Crippen LogP contribution in [-0.2, 0) is 28.6 Å². The fraction of sp³-hybridized carbons (Fsp3) is 0.803. The highest BCUT2D eigenvalue weighted by atomic mass is 16.6. The van der Waals surface area contributed by atoms with Crippen molar-refractivity contribution in [1.82, 2.24) is 0 Å². The van der Waals surface area contributed by atoms with Crippen LogP contribution in [0.2, 0.25) is 0 Å². The van der Waals surface area contributed by atoms with E-state index in [0.717, 1.165) is 103 Å². The van der Waals surface area contributed by atoms with E-state index in [0.29, 0.717) is 19.3 Å². The summed E-state index contributed by atoms with van der Waals surface area (Å²) < 4.78 is 16.8. The lowest BCUT2D eigenvalue weighted by molar-refractivity contribution is -0.167. The van der Waals surface area contributed by atoms with Crippen LogP contribution < -0.4 is 0 Å². The molecule has 0 rings (SSSR count). The van der Waals surface area contributed by atoms with Crippen LogP contribution in [0.3, 0.4) is 0 Å². The van der Waals surface area contributed by atoms with E-state index < -0.39 is 6.10 Å². The smallest absolute Gasteiger partial charge is 0.306 e. The normalized spacial score (nSPS) is 12.4. The number of allylic oxidation sites excluding steroid dienone is 10. The lowest BCUT2D eigenvalue weighted by Gasteiger charge is -2.18. The van der Waals surface area contributed by atoms with Gasteiger partial charge in [-0.2, -0.15) is 0 Å². The molecular formula is C66H118O6. The van der Waals surface area contributed by atoms with Crippen molar-refractivity contribution in [3.05, 3.63) is 60.8 Å². The Bertz CT molecular complexity index is 1290. The summed E-state index contributed by atoms with van der Waals surface area (Å²) in [5, 5.41) is 0. The van der Waals surface area contributed by atoms with Crippen LogP contribution in [0.25, 0.3) is 0 Å². The van der Waals surface area contributed by atoms with Crippen LogP contribution >= 0.6 is 0 Å². The molecule has 0 heterocycles. The van der Waals surface area contributed by atoms with Gasteiger partial charge in [-0.15, -0.1) is 0 Å². The first-order valence-electron chi connectivity index (χ1n) is 31.3. The molecule has 418 valence electrons. The predicted molar refractivity (Wildman–Crippen MR) is 312 cm³/mol. The van der Waals surface area contributed by atoms with Gasteiger partial charge in [-0.05, 0) is 103 Å². The summed E-state index contributed by atoms with van der Waals surface area (Å²) in [6.07, 6.45) is 76.7. The molecule has 72 heavy (non-hydrogen) atoms. The van der Waals surface area contributed by atoms with Crippen LogP contribution in [0.5, 0.6) is 0 Å². The number of unbranched alkanes of at least 4 members (excludes halogenated alkanes) is 36. The molecule has 0 aliphatic rings. The van der Waals surface area contributed by atoms with Crippen LogP contribution in [0.4, 0.5) is 0 Å². The van der Waals surface area contributed by atoms with Gasteiger partial charge in [-0.1, -0.05) is 261 Å². The van der Waals surface area contributed by atoms with E-state index in [-0.39, 0.29) is 31.1 Å². The maximum atomic E-state index is 12.8. The largest absolute Gasteiger partial charge is 0.462 e. The Morgan fingerprint density at radius 2 is 0.528 bits per heavy atom. The first kappa shape index (κ1) is 69.1. The molecule has 0 aromatic heterocycles. The monoisotopic (exact) mass is 1010 g/mol. The van der Waals surface area contributed by atoms with Gasteiger partial charge in [-0.25, -0.2) is 0 Å². The SMILES string of the molecule is CCC/C=C\CCCCCCCC(=O)OCC(COC(=O)CCCCCCCCCCCCCCCCCCC/C=C\C/C=C\CCCCCCC)OC(=O)CCCCCCC/C=C\C/C=C\CCCCC. The molecule has 1 atom stereocenters. The summed E-state index contributed by atoms with van der Waals surface area (Å²) >= 11 is 0. The van der Waals surface area contributed by atoms with Crippen LogP contribution in [0.15, 0.2) is 60.8 Å². The average molecular weight is 1010 g/mol. The zero-order valence-electron chi connectivity index (χ0n) is 47.9. The molecule has 0 N–H and O–H groups in total. The fourth-order valence-electron chi connectivity index (χ4n) is 8.98. The van der Waals surface area contributed by atoms with Gasteiger partial charge in [-0.3, -0.25) is 14.4 Å². The lowest BCUT2D eigenvalue weighted by Crippen LogP contribution is -2.30. The minimum atomic E-state index is -0.783. The molecule has 6 heteroatoms. The molecule has 0 amide bonds. The predicted octanol–water partition coefficient (Wildman–Crippen LogP) is 21.2. The Balaban J connectivity index is 4.14. The second kappa shape index (κ2) is 60.7. The molecular weight excluding hydrogens is 889 g/mol. The molecule has 0 fully saturated rings. The Hall–Kier alpha value is -2.89. The highest BCUT2D eigenvalue weighted by molar-refractivity contribution is 5.71. The van der Waals surface area contributed by atoms with E-state index in [1.165, 1.54) is 180 Å². The summed E-state index contributed by atoms with van der Waals surface area (Å²) in [6, 6.07) is 0. The summed E-state index contributed by atoms with van der Waals surface area (Å²) in [5.74, 6) is -0.893. The van der Waals surface area contributed by atoms with Crippen molar-refractivity contribution in [1.29, 1.82) is 0 Å². The minimum Gasteiger partial charge on any atom is -0.462 e. The third-order valence-corrected chi connectivity index (χ3v) is 13.7. The summed E-state index contributed by atoms with van der Waals surface area (Å²) in [7, 11) is 0. The molecule has 0 spiro atoms. The summed E-state index contributed by atoms with van der Waals surface area (Å²) in [6.45, 7) is 6.55. The van der Waals surface area contributed by atoms with Crippen LogP contribution in [-0.4, -0.2) is 37.2 Å². The molecule has 0 radical (unpaired) electrons. The zero-order valence-corrected chi connectivity index (χ0v) is 47.9. The van der Waals surface area contributed by atoms with Gasteiger partial charge in [0.05, 0.1) is 0 Å². The van der Waals surface area contributed by atoms with Gasteiger partial charge in [0.1, 0.15) is 13.2 Å². The minimum absolute atomic E-state index is 0.0803.